The SMILES string of the molecule is CCCCCCc1ccc(CCCC(=O)NCCC(=O)O)cc1. The van der Waals surface area contributed by atoms with E-state index in [1.165, 1.54) is 36.8 Å². The molecule has 0 fully saturated rings. The van der Waals surface area contributed by atoms with Crippen molar-refractivity contribution in [3.63, 3.8) is 0 Å². The van der Waals surface area contributed by atoms with E-state index in [-0.39, 0.29) is 18.9 Å². The number of carbonyl (C=O) groups excluding carboxylic acids is 1. The fraction of sp³-hybridized carbons (Fsp3) is 0.579. The Hall–Kier alpha value is -1.84. The zero-order valence-electron chi connectivity index (χ0n) is 14.1. The minimum absolute atomic E-state index is 0.0224. The monoisotopic (exact) mass is 319 g/mol. The van der Waals surface area contributed by atoms with E-state index in [1.807, 2.05) is 0 Å². The van der Waals surface area contributed by atoms with E-state index in [0.29, 0.717) is 6.42 Å². The van der Waals surface area contributed by atoms with Crippen molar-refractivity contribution in [3.8, 4) is 0 Å². The van der Waals surface area contributed by atoms with Gasteiger partial charge in [-0.3, -0.25) is 9.59 Å². The Morgan fingerprint density at radius 1 is 0.913 bits per heavy atom. The second kappa shape index (κ2) is 11.7. The number of rotatable bonds is 12. The van der Waals surface area contributed by atoms with E-state index >= 15 is 0 Å². The highest BCUT2D eigenvalue weighted by Gasteiger charge is 2.03. The van der Waals surface area contributed by atoms with E-state index in [9.17, 15) is 9.59 Å². The average molecular weight is 319 g/mol. The number of aliphatic carboxylic acids is 1. The number of hydrogen-bond donors (Lipinski definition) is 2. The normalized spacial score (nSPS) is 10.5. The van der Waals surface area contributed by atoms with Crippen LogP contribution in [0, 0.1) is 0 Å². The number of aryl methyl sites for hydroxylation is 2. The highest BCUT2D eigenvalue weighted by Crippen LogP contribution is 2.11. The molecular weight excluding hydrogens is 290 g/mol. The van der Waals surface area contributed by atoms with Gasteiger partial charge in [0.2, 0.25) is 5.91 Å². The van der Waals surface area contributed by atoms with Gasteiger partial charge in [-0.25, -0.2) is 0 Å². The van der Waals surface area contributed by atoms with Crippen molar-refractivity contribution in [1.29, 1.82) is 0 Å². The molecule has 1 aromatic rings. The molecule has 0 saturated heterocycles. The molecule has 128 valence electrons. The third kappa shape index (κ3) is 9.72. The van der Waals surface area contributed by atoms with Crippen LogP contribution in [0.15, 0.2) is 24.3 Å². The summed E-state index contributed by atoms with van der Waals surface area (Å²) in [6.45, 7) is 2.43. The minimum Gasteiger partial charge on any atom is -0.481 e. The maximum atomic E-state index is 11.5. The number of benzene rings is 1. The summed E-state index contributed by atoms with van der Waals surface area (Å²) in [5.74, 6) is -0.959. The van der Waals surface area contributed by atoms with Gasteiger partial charge in [0.1, 0.15) is 0 Å². The molecule has 4 nitrogen and oxygen atoms in total. The van der Waals surface area contributed by atoms with Gasteiger partial charge in [-0.15, -0.1) is 0 Å². The van der Waals surface area contributed by atoms with Crippen molar-refractivity contribution in [2.45, 2.75) is 64.7 Å². The molecule has 1 rings (SSSR count). The molecule has 0 atom stereocenters. The van der Waals surface area contributed by atoms with E-state index in [0.717, 1.165) is 19.3 Å². The van der Waals surface area contributed by atoms with Crippen molar-refractivity contribution >= 4 is 11.9 Å². The topological polar surface area (TPSA) is 66.4 Å². The van der Waals surface area contributed by atoms with Crippen LogP contribution in [0.1, 0.15) is 63.0 Å². The van der Waals surface area contributed by atoms with E-state index in [1.54, 1.807) is 0 Å². The predicted molar refractivity (Wildman–Crippen MR) is 92.5 cm³/mol. The number of unbranched alkanes of at least 4 members (excludes halogenated alkanes) is 3. The minimum atomic E-state index is -0.889. The molecule has 4 heteroatoms. The van der Waals surface area contributed by atoms with E-state index in [2.05, 4.69) is 36.5 Å². The van der Waals surface area contributed by atoms with Crippen LogP contribution in [0.25, 0.3) is 0 Å². The molecule has 0 bridgehead atoms. The third-order valence-electron chi connectivity index (χ3n) is 3.87. The lowest BCUT2D eigenvalue weighted by Gasteiger charge is -2.05. The molecule has 1 amide bonds. The van der Waals surface area contributed by atoms with Gasteiger partial charge in [-0.1, -0.05) is 50.5 Å². The molecule has 0 saturated carbocycles. The largest absolute Gasteiger partial charge is 0.481 e. The first-order valence-corrected chi connectivity index (χ1v) is 8.68. The molecular formula is C19H29NO3. The molecule has 1 aromatic carbocycles. The summed E-state index contributed by atoms with van der Waals surface area (Å²) in [6, 6.07) is 8.68. The lowest BCUT2D eigenvalue weighted by Crippen LogP contribution is -2.25. The Labute approximate surface area is 139 Å². The fourth-order valence-corrected chi connectivity index (χ4v) is 2.48. The summed E-state index contributed by atoms with van der Waals surface area (Å²) in [5, 5.41) is 11.1. The Morgan fingerprint density at radius 2 is 1.52 bits per heavy atom. The molecule has 0 aliphatic heterocycles. The number of hydrogen-bond acceptors (Lipinski definition) is 2. The van der Waals surface area contributed by atoms with Gasteiger partial charge >= 0.3 is 5.97 Å². The number of carboxylic acids is 1. The van der Waals surface area contributed by atoms with Crippen molar-refractivity contribution in [2.24, 2.45) is 0 Å². The molecule has 0 aromatic heterocycles. The molecule has 0 unspecified atom stereocenters. The van der Waals surface area contributed by atoms with Crippen LogP contribution in [0.5, 0.6) is 0 Å². The summed E-state index contributed by atoms with van der Waals surface area (Å²) >= 11 is 0. The second-order valence-electron chi connectivity index (χ2n) is 5.97. The van der Waals surface area contributed by atoms with Crippen LogP contribution in [-0.2, 0) is 22.4 Å². The predicted octanol–water partition coefficient (Wildman–Crippen LogP) is 3.72. The molecule has 2 N–H and O–H groups in total. The van der Waals surface area contributed by atoms with Gasteiger partial charge in [-0.2, -0.15) is 0 Å². The van der Waals surface area contributed by atoms with Crippen molar-refractivity contribution in [2.75, 3.05) is 6.54 Å². The summed E-state index contributed by atoms with van der Waals surface area (Å²) in [5.41, 5.74) is 2.64. The zero-order chi connectivity index (χ0) is 16.9. The van der Waals surface area contributed by atoms with Crippen LogP contribution in [0.3, 0.4) is 0 Å². The van der Waals surface area contributed by atoms with Crippen LogP contribution in [0.4, 0.5) is 0 Å². The first kappa shape index (κ1) is 19.2. The summed E-state index contributed by atoms with van der Waals surface area (Å²) in [6.07, 6.45) is 8.36. The lowest BCUT2D eigenvalue weighted by atomic mass is 10.0. The number of carbonyl (C=O) groups is 2. The number of carboxylic acid groups (broad SMARTS) is 1. The Kier molecular flexibility index (Phi) is 9.76. The second-order valence-corrected chi connectivity index (χ2v) is 5.97. The summed E-state index contributed by atoms with van der Waals surface area (Å²) in [7, 11) is 0. The van der Waals surface area contributed by atoms with Crippen molar-refractivity contribution in [3.05, 3.63) is 35.4 Å². The highest BCUT2D eigenvalue weighted by molar-refractivity contribution is 5.76. The average Bonchev–Trinajstić information content (AvgIpc) is 2.52. The van der Waals surface area contributed by atoms with Gasteiger partial charge < -0.3 is 10.4 Å². The quantitative estimate of drug-likeness (QED) is 0.577. The first-order valence-electron chi connectivity index (χ1n) is 8.68. The van der Waals surface area contributed by atoms with Crippen molar-refractivity contribution < 1.29 is 14.7 Å². The van der Waals surface area contributed by atoms with Crippen LogP contribution in [0.2, 0.25) is 0 Å². The third-order valence-corrected chi connectivity index (χ3v) is 3.87. The summed E-state index contributed by atoms with van der Waals surface area (Å²) < 4.78 is 0. The van der Waals surface area contributed by atoms with Crippen LogP contribution < -0.4 is 5.32 Å². The summed E-state index contributed by atoms with van der Waals surface area (Å²) in [4.78, 5) is 21.9. The number of amides is 1. The molecule has 23 heavy (non-hydrogen) atoms. The smallest absolute Gasteiger partial charge is 0.305 e. The van der Waals surface area contributed by atoms with Gasteiger partial charge in [0.25, 0.3) is 0 Å². The Bertz CT molecular complexity index is 468. The van der Waals surface area contributed by atoms with Crippen molar-refractivity contribution in [1.82, 2.24) is 5.32 Å². The van der Waals surface area contributed by atoms with Gasteiger partial charge in [0.15, 0.2) is 0 Å². The van der Waals surface area contributed by atoms with Gasteiger partial charge in [0, 0.05) is 13.0 Å². The van der Waals surface area contributed by atoms with Gasteiger partial charge in [-0.05, 0) is 36.8 Å². The molecule has 0 aliphatic carbocycles. The van der Waals surface area contributed by atoms with E-state index < -0.39 is 5.97 Å². The number of nitrogens with one attached hydrogen (secondary N) is 1. The maximum Gasteiger partial charge on any atom is 0.305 e. The van der Waals surface area contributed by atoms with Gasteiger partial charge in [0.05, 0.1) is 6.42 Å². The Balaban J connectivity index is 2.17. The standard InChI is InChI=1S/C19H29NO3/c1-2-3-4-5-7-16-10-12-17(13-11-16)8-6-9-18(21)20-15-14-19(22)23/h10-13H,2-9,14-15H2,1H3,(H,20,21)(H,22,23). The molecule has 0 aliphatic rings. The molecule has 0 heterocycles. The van der Waals surface area contributed by atoms with Crippen LogP contribution in [-0.4, -0.2) is 23.5 Å². The highest BCUT2D eigenvalue weighted by atomic mass is 16.4. The van der Waals surface area contributed by atoms with E-state index in [4.69, 9.17) is 5.11 Å². The Morgan fingerprint density at radius 3 is 2.09 bits per heavy atom. The maximum absolute atomic E-state index is 11.5. The zero-order valence-corrected chi connectivity index (χ0v) is 14.1. The molecule has 0 spiro atoms. The fourth-order valence-electron chi connectivity index (χ4n) is 2.48. The lowest BCUT2D eigenvalue weighted by molar-refractivity contribution is -0.136. The first-order chi connectivity index (χ1) is 11.1. The molecule has 0 radical (unpaired) electrons. The van der Waals surface area contributed by atoms with Crippen LogP contribution >= 0.6 is 0 Å².